The van der Waals surface area contributed by atoms with Crippen LogP contribution >= 0.6 is 0 Å². The highest BCUT2D eigenvalue weighted by molar-refractivity contribution is 5.94. The first-order valence-corrected chi connectivity index (χ1v) is 12.3. The predicted octanol–water partition coefficient (Wildman–Crippen LogP) is 4.25. The molecule has 0 atom stereocenters. The van der Waals surface area contributed by atoms with Crippen molar-refractivity contribution in [1.82, 2.24) is 19.5 Å². The van der Waals surface area contributed by atoms with Crippen molar-refractivity contribution >= 4 is 23.1 Å². The van der Waals surface area contributed by atoms with Crippen LogP contribution in [-0.2, 0) is 16.0 Å². The van der Waals surface area contributed by atoms with E-state index in [-0.39, 0.29) is 5.82 Å². The maximum atomic E-state index is 12.4. The summed E-state index contributed by atoms with van der Waals surface area (Å²) in [6.45, 7) is 8.19. The first kappa shape index (κ1) is 22.8. The summed E-state index contributed by atoms with van der Waals surface area (Å²) in [6, 6.07) is 8.20. The lowest BCUT2D eigenvalue weighted by Crippen LogP contribution is -2.38. The van der Waals surface area contributed by atoms with Crippen LogP contribution in [0.15, 0.2) is 24.3 Å². The summed E-state index contributed by atoms with van der Waals surface area (Å²) in [5.74, 6) is 1.75. The molecule has 0 N–H and O–H groups in total. The second-order valence-electron chi connectivity index (χ2n) is 9.68. The number of rotatable bonds is 5. The Balaban J connectivity index is 1.70. The van der Waals surface area contributed by atoms with Crippen molar-refractivity contribution in [2.24, 2.45) is 11.8 Å². The van der Waals surface area contributed by atoms with E-state index < -0.39 is 5.97 Å². The number of hydrogen-bond acceptors (Lipinski definition) is 7. The van der Waals surface area contributed by atoms with Gasteiger partial charge in [-0.1, -0.05) is 43.5 Å². The van der Waals surface area contributed by atoms with Crippen LogP contribution in [0.5, 0.6) is 0 Å². The molecule has 3 heterocycles. The summed E-state index contributed by atoms with van der Waals surface area (Å²) in [5, 5.41) is 0. The van der Waals surface area contributed by atoms with Crippen molar-refractivity contribution in [2.45, 2.75) is 46.1 Å². The van der Waals surface area contributed by atoms with Crippen molar-refractivity contribution < 1.29 is 14.3 Å². The van der Waals surface area contributed by atoms with Crippen LogP contribution in [0.3, 0.4) is 0 Å². The van der Waals surface area contributed by atoms with E-state index in [0.29, 0.717) is 24.8 Å². The van der Waals surface area contributed by atoms with Gasteiger partial charge in [-0.3, -0.25) is 0 Å². The molecule has 34 heavy (non-hydrogen) atoms. The Labute approximate surface area is 200 Å². The van der Waals surface area contributed by atoms with Crippen LogP contribution in [0, 0.1) is 18.8 Å². The minimum absolute atomic E-state index is 0.0381. The minimum Gasteiger partial charge on any atom is -0.463 e. The molecule has 0 bridgehead atoms. The molecule has 8 nitrogen and oxygen atoms in total. The predicted molar refractivity (Wildman–Crippen MR) is 131 cm³/mol. The number of esters is 1. The van der Waals surface area contributed by atoms with Gasteiger partial charge >= 0.3 is 5.97 Å². The van der Waals surface area contributed by atoms with Crippen LogP contribution in [0.25, 0.3) is 22.4 Å². The second-order valence-corrected chi connectivity index (χ2v) is 9.68. The van der Waals surface area contributed by atoms with E-state index in [1.165, 1.54) is 32.8 Å². The van der Waals surface area contributed by atoms with Gasteiger partial charge in [0.25, 0.3) is 0 Å². The molecule has 2 aromatic heterocycles. The van der Waals surface area contributed by atoms with Crippen LogP contribution in [-0.4, -0.2) is 58.9 Å². The molecule has 0 spiro atoms. The molecule has 1 saturated carbocycles. The van der Waals surface area contributed by atoms with E-state index >= 15 is 0 Å². The number of imidazole rings is 1. The monoisotopic (exact) mass is 463 g/mol. The Hall–Kier alpha value is -3.00. The van der Waals surface area contributed by atoms with Gasteiger partial charge in [-0.25, -0.2) is 14.8 Å². The number of methoxy groups -OCH3 is 1. The van der Waals surface area contributed by atoms with Gasteiger partial charge in [0.15, 0.2) is 5.65 Å². The Kier molecular flexibility index (Phi) is 6.50. The average Bonchev–Trinajstić information content (AvgIpc) is 3.23. The lowest BCUT2D eigenvalue weighted by Gasteiger charge is -2.31. The highest BCUT2D eigenvalue weighted by Crippen LogP contribution is 2.35. The van der Waals surface area contributed by atoms with Crippen molar-refractivity contribution in [2.75, 3.05) is 38.3 Å². The number of benzene rings is 1. The average molecular weight is 464 g/mol. The standard InChI is InChI=1S/C26H33N5O3/c1-17-7-9-19(10-8-17)16-31-22-21(20-6-4-5-18(2)15-20)27-24(25(32)33-3)28-23(22)29-26(31)30-11-13-34-14-12-30/h4-6,15,17,19H,7-14,16H2,1-3H3/t17-,19-. The quantitative estimate of drug-likeness (QED) is 0.523. The number of aryl methyl sites for hydroxylation is 1. The van der Waals surface area contributed by atoms with E-state index in [4.69, 9.17) is 19.4 Å². The topological polar surface area (TPSA) is 82.4 Å². The summed E-state index contributed by atoms with van der Waals surface area (Å²) in [4.78, 5) is 29.0. The van der Waals surface area contributed by atoms with Gasteiger partial charge < -0.3 is 18.9 Å². The number of hydrogen-bond donors (Lipinski definition) is 0. The fraction of sp³-hybridized carbons (Fsp3) is 0.538. The number of aromatic nitrogens is 4. The zero-order valence-electron chi connectivity index (χ0n) is 20.3. The molecule has 1 aliphatic carbocycles. The maximum Gasteiger partial charge on any atom is 0.376 e. The summed E-state index contributed by atoms with van der Waals surface area (Å²) < 4.78 is 12.9. The number of nitrogens with zero attached hydrogens (tertiary/aromatic N) is 5. The van der Waals surface area contributed by atoms with Gasteiger partial charge in [0.2, 0.25) is 11.8 Å². The summed E-state index contributed by atoms with van der Waals surface area (Å²) in [6.07, 6.45) is 4.95. The van der Waals surface area contributed by atoms with Crippen molar-refractivity contribution in [1.29, 1.82) is 0 Å². The van der Waals surface area contributed by atoms with E-state index in [9.17, 15) is 4.79 Å². The zero-order chi connectivity index (χ0) is 23.7. The fourth-order valence-electron chi connectivity index (χ4n) is 5.15. The Morgan fingerprint density at radius 3 is 2.59 bits per heavy atom. The lowest BCUT2D eigenvalue weighted by molar-refractivity contribution is 0.0587. The van der Waals surface area contributed by atoms with Crippen molar-refractivity contribution in [3.63, 3.8) is 0 Å². The fourth-order valence-corrected chi connectivity index (χ4v) is 5.15. The molecule has 0 radical (unpaired) electrons. The van der Waals surface area contributed by atoms with E-state index in [1.807, 2.05) is 12.1 Å². The third-order valence-electron chi connectivity index (χ3n) is 7.11. The number of ether oxygens (including phenoxy) is 2. The molecular formula is C26H33N5O3. The molecule has 0 amide bonds. The number of carbonyl (C=O) groups is 1. The highest BCUT2D eigenvalue weighted by Gasteiger charge is 2.28. The summed E-state index contributed by atoms with van der Waals surface area (Å²) in [5.41, 5.74) is 4.23. The van der Waals surface area contributed by atoms with E-state index in [0.717, 1.165) is 53.8 Å². The van der Waals surface area contributed by atoms with Gasteiger partial charge in [-0.15, -0.1) is 0 Å². The highest BCUT2D eigenvalue weighted by atomic mass is 16.5. The second kappa shape index (κ2) is 9.70. The van der Waals surface area contributed by atoms with E-state index in [1.54, 1.807) is 0 Å². The number of carbonyl (C=O) groups excluding carboxylic acids is 1. The molecule has 1 saturated heterocycles. The molecule has 0 unspecified atom stereocenters. The third-order valence-corrected chi connectivity index (χ3v) is 7.11. The number of morpholine rings is 1. The van der Waals surface area contributed by atoms with Crippen LogP contribution in [0.4, 0.5) is 5.95 Å². The normalized spacial score (nSPS) is 21.1. The minimum atomic E-state index is -0.556. The van der Waals surface area contributed by atoms with Gasteiger partial charge in [0.1, 0.15) is 11.2 Å². The number of fused-ring (bicyclic) bond motifs is 1. The summed E-state index contributed by atoms with van der Waals surface area (Å²) in [7, 11) is 1.35. The molecule has 2 fully saturated rings. The molecule has 1 aliphatic heterocycles. The van der Waals surface area contributed by atoms with Gasteiger partial charge in [-0.2, -0.15) is 4.98 Å². The molecule has 3 aromatic rings. The van der Waals surface area contributed by atoms with Crippen molar-refractivity contribution in [3.8, 4) is 11.3 Å². The van der Waals surface area contributed by atoms with Gasteiger partial charge in [-0.05, 0) is 37.7 Å². The smallest absolute Gasteiger partial charge is 0.376 e. The zero-order valence-corrected chi connectivity index (χ0v) is 20.3. The lowest BCUT2D eigenvalue weighted by atomic mass is 9.83. The molecule has 180 valence electrons. The van der Waals surface area contributed by atoms with Crippen LogP contribution in [0.1, 0.15) is 48.8 Å². The third kappa shape index (κ3) is 4.51. The van der Waals surface area contributed by atoms with Crippen molar-refractivity contribution in [3.05, 3.63) is 35.7 Å². The van der Waals surface area contributed by atoms with Crippen LogP contribution in [0.2, 0.25) is 0 Å². The molecule has 5 rings (SSSR count). The largest absolute Gasteiger partial charge is 0.463 e. The SMILES string of the molecule is COC(=O)c1nc(-c2cccc(C)c2)c2c(n1)nc(N1CCOCC1)n2C[C@H]1CC[C@H](C)CC1. The maximum absolute atomic E-state index is 12.4. The molecule has 8 heteroatoms. The van der Waals surface area contributed by atoms with E-state index in [2.05, 4.69) is 40.4 Å². The van der Waals surface area contributed by atoms with Gasteiger partial charge in [0.05, 0.1) is 20.3 Å². The molecule has 2 aliphatic rings. The number of anilines is 1. The first-order chi connectivity index (χ1) is 16.5. The Morgan fingerprint density at radius 2 is 1.88 bits per heavy atom. The Morgan fingerprint density at radius 1 is 1.12 bits per heavy atom. The molecular weight excluding hydrogens is 430 g/mol. The Bertz CT molecular complexity index is 1180. The summed E-state index contributed by atoms with van der Waals surface area (Å²) >= 11 is 0. The van der Waals surface area contributed by atoms with Crippen LogP contribution < -0.4 is 4.90 Å². The molecule has 1 aromatic carbocycles. The van der Waals surface area contributed by atoms with Gasteiger partial charge in [0, 0.05) is 25.2 Å². The first-order valence-electron chi connectivity index (χ1n) is 12.3.